The number of carbonyl (C=O) groups excluding carboxylic acids is 2. The summed E-state index contributed by atoms with van der Waals surface area (Å²) in [5.74, 6) is -0.176. The highest BCUT2D eigenvalue weighted by Gasteiger charge is 2.26. The Hall–Kier alpha value is -1.93. The van der Waals surface area contributed by atoms with E-state index in [2.05, 4.69) is 0 Å². The van der Waals surface area contributed by atoms with E-state index in [4.69, 9.17) is 11.6 Å². The molecule has 0 radical (unpaired) electrons. The van der Waals surface area contributed by atoms with Gasteiger partial charge in [-0.2, -0.15) is 0 Å². The Kier molecular flexibility index (Phi) is 4.29. The van der Waals surface area contributed by atoms with Crippen molar-refractivity contribution in [2.24, 2.45) is 0 Å². The molecule has 0 spiro atoms. The number of halogens is 1. The van der Waals surface area contributed by atoms with Crippen LogP contribution in [0.1, 0.15) is 52.6 Å². The van der Waals surface area contributed by atoms with E-state index in [1.54, 1.807) is 36.4 Å². The second-order valence-corrected chi connectivity index (χ2v) is 6.29. The lowest BCUT2D eigenvalue weighted by molar-refractivity contribution is 0.102. The maximum atomic E-state index is 12.8. The lowest BCUT2D eigenvalue weighted by Crippen LogP contribution is -2.20. The fourth-order valence-electron chi connectivity index (χ4n) is 2.32. The van der Waals surface area contributed by atoms with Crippen molar-refractivity contribution in [3.63, 3.8) is 0 Å². The van der Waals surface area contributed by atoms with E-state index in [1.165, 1.54) is 0 Å². The van der Waals surface area contributed by atoms with E-state index in [-0.39, 0.29) is 16.8 Å². The Morgan fingerprint density at radius 1 is 0.905 bits per heavy atom. The first kappa shape index (κ1) is 15.5. The van der Waals surface area contributed by atoms with Gasteiger partial charge in [-0.25, -0.2) is 0 Å². The summed E-state index contributed by atoms with van der Waals surface area (Å²) in [6.45, 7) is 6.02. The fraction of sp³-hybridized carbons (Fsp3) is 0.222. The number of hydrogen-bond acceptors (Lipinski definition) is 2. The van der Waals surface area contributed by atoms with Crippen LogP contribution in [0.4, 0.5) is 0 Å². The van der Waals surface area contributed by atoms with Gasteiger partial charge in [-0.05, 0) is 28.6 Å². The molecule has 0 saturated carbocycles. The summed E-state index contributed by atoms with van der Waals surface area (Å²) in [6, 6.07) is 14.2. The Morgan fingerprint density at radius 3 is 2.05 bits per heavy atom. The summed E-state index contributed by atoms with van der Waals surface area (Å²) in [5, 5.41) is -0.611. The molecule has 2 nitrogen and oxygen atoms in total. The predicted octanol–water partition coefficient (Wildman–Crippen LogP) is 4.59. The van der Waals surface area contributed by atoms with Crippen molar-refractivity contribution >= 4 is 22.6 Å². The highest BCUT2D eigenvalue weighted by Crippen LogP contribution is 2.30. The van der Waals surface area contributed by atoms with Crippen LogP contribution in [0.3, 0.4) is 0 Å². The molecule has 108 valence electrons. The van der Waals surface area contributed by atoms with Crippen molar-refractivity contribution in [3.05, 3.63) is 70.8 Å². The van der Waals surface area contributed by atoms with E-state index >= 15 is 0 Å². The summed E-state index contributed by atoms with van der Waals surface area (Å²) < 4.78 is 0. The predicted molar refractivity (Wildman–Crippen MR) is 85.2 cm³/mol. The zero-order chi connectivity index (χ0) is 15.6. The number of carbonyl (C=O) groups is 2. The van der Waals surface area contributed by atoms with Gasteiger partial charge in [0.15, 0.2) is 5.78 Å². The zero-order valence-electron chi connectivity index (χ0n) is 12.3. The first-order valence-electron chi connectivity index (χ1n) is 6.75. The molecule has 21 heavy (non-hydrogen) atoms. The van der Waals surface area contributed by atoms with Crippen LogP contribution in [0.15, 0.2) is 48.5 Å². The van der Waals surface area contributed by atoms with Crippen molar-refractivity contribution in [1.29, 1.82) is 0 Å². The lowest BCUT2D eigenvalue weighted by atomic mass is 9.80. The Bertz CT molecular complexity index is 682. The van der Waals surface area contributed by atoms with Gasteiger partial charge in [-0.15, -0.1) is 0 Å². The highest BCUT2D eigenvalue weighted by molar-refractivity contribution is 6.68. The smallest absolute Gasteiger partial charge is 0.253 e. The lowest BCUT2D eigenvalue weighted by Gasteiger charge is -2.23. The molecule has 0 saturated heterocycles. The Labute approximate surface area is 129 Å². The molecule has 3 heteroatoms. The molecular weight excluding hydrogens is 284 g/mol. The van der Waals surface area contributed by atoms with Crippen LogP contribution in [0.2, 0.25) is 0 Å². The fourth-order valence-corrected chi connectivity index (χ4v) is 2.48. The van der Waals surface area contributed by atoms with E-state index in [1.807, 2.05) is 32.9 Å². The minimum Gasteiger partial charge on any atom is -0.289 e. The van der Waals surface area contributed by atoms with Crippen LogP contribution in [-0.2, 0) is 5.41 Å². The number of ketones is 1. The van der Waals surface area contributed by atoms with Crippen molar-refractivity contribution in [2.45, 2.75) is 26.2 Å². The van der Waals surface area contributed by atoms with E-state index in [0.717, 1.165) is 5.56 Å². The average molecular weight is 301 g/mol. The van der Waals surface area contributed by atoms with Crippen molar-refractivity contribution in [2.75, 3.05) is 0 Å². The van der Waals surface area contributed by atoms with Gasteiger partial charge in [-0.1, -0.05) is 63.2 Å². The van der Waals surface area contributed by atoms with E-state index in [9.17, 15) is 9.59 Å². The van der Waals surface area contributed by atoms with Gasteiger partial charge in [0.1, 0.15) is 0 Å². The minimum atomic E-state index is -0.611. The summed E-state index contributed by atoms with van der Waals surface area (Å²) in [7, 11) is 0. The molecule has 0 aliphatic rings. The quantitative estimate of drug-likeness (QED) is 0.613. The normalized spacial score (nSPS) is 11.2. The van der Waals surface area contributed by atoms with Crippen molar-refractivity contribution in [1.82, 2.24) is 0 Å². The summed E-state index contributed by atoms with van der Waals surface area (Å²) >= 11 is 5.67. The summed E-state index contributed by atoms with van der Waals surface area (Å²) in [4.78, 5) is 24.5. The molecule has 0 aliphatic carbocycles. The first-order chi connectivity index (χ1) is 9.82. The molecule has 0 aliphatic heterocycles. The molecule has 0 amide bonds. The van der Waals surface area contributed by atoms with Crippen LogP contribution >= 0.6 is 11.6 Å². The van der Waals surface area contributed by atoms with Gasteiger partial charge in [0.25, 0.3) is 5.24 Å². The minimum absolute atomic E-state index is 0.176. The monoisotopic (exact) mass is 300 g/mol. The topological polar surface area (TPSA) is 34.1 Å². The third-order valence-electron chi connectivity index (χ3n) is 3.35. The number of benzene rings is 2. The standard InChI is InChI=1S/C18H17ClO2/c1-18(2,3)14-11-7-10-13(17(19)21)15(14)16(20)12-8-5-4-6-9-12/h4-11H,1-3H3. The third-order valence-corrected chi connectivity index (χ3v) is 3.55. The molecule has 2 rings (SSSR count). The molecule has 0 unspecified atom stereocenters. The molecule has 0 atom stereocenters. The maximum Gasteiger partial charge on any atom is 0.253 e. The van der Waals surface area contributed by atoms with Gasteiger partial charge in [-0.3, -0.25) is 9.59 Å². The third kappa shape index (κ3) is 3.22. The highest BCUT2D eigenvalue weighted by atomic mass is 35.5. The Morgan fingerprint density at radius 2 is 1.52 bits per heavy atom. The molecule has 0 bridgehead atoms. The first-order valence-corrected chi connectivity index (χ1v) is 7.13. The summed E-state index contributed by atoms with van der Waals surface area (Å²) in [6.07, 6.45) is 0. The molecule has 0 N–H and O–H groups in total. The van der Waals surface area contributed by atoms with Crippen LogP contribution < -0.4 is 0 Å². The molecule has 0 fully saturated rings. The molecule has 0 heterocycles. The SMILES string of the molecule is CC(C)(C)c1cccc(C(=O)Cl)c1C(=O)c1ccccc1. The van der Waals surface area contributed by atoms with E-state index < -0.39 is 5.24 Å². The molecule has 2 aromatic carbocycles. The molecule has 0 aromatic heterocycles. The van der Waals surface area contributed by atoms with Crippen LogP contribution in [0.25, 0.3) is 0 Å². The molecular formula is C18H17ClO2. The average Bonchev–Trinajstić information content (AvgIpc) is 2.45. The second kappa shape index (κ2) is 5.82. The van der Waals surface area contributed by atoms with Gasteiger partial charge in [0.05, 0.1) is 0 Å². The van der Waals surface area contributed by atoms with Gasteiger partial charge >= 0.3 is 0 Å². The van der Waals surface area contributed by atoms with Gasteiger partial charge < -0.3 is 0 Å². The summed E-state index contributed by atoms with van der Waals surface area (Å²) in [5.41, 5.74) is 1.77. The number of rotatable bonds is 3. The van der Waals surface area contributed by atoms with Crippen LogP contribution in [0.5, 0.6) is 0 Å². The second-order valence-electron chi connectivity index (χ2n) is 5.95. The zero-order valence-corrected chi connectivity index (χ0v) is 13.1. The van der Waals surface area contributed by atoms with Crippen molar-refractivity contribution in [3.8, 4) is 0 Å². The number of hydrogen-bond donors (Lipinski definition) is 0. The van der Waals surface area contributed by atoms with Crippen LogP contribution in [-0.4, -0.2) is 11.0 Å². The van der Waals surface area contributed by atoms with Gasteiger partial charge in [0.2, 0.25) is 0 Å². The van der Waals surface area contributed by atoms with Gasteiger partial charge in [0, 0.05) is 16.7 Å². The molecule has 2 aromatic rings. The maximum absolute atomic E-state index is 12.8. The van der Waals surface area contributed by atoms with Crippen molar-refractivity contribution < 1.29 is 9.59 Å². The van der Waals surface area contributed by atoms with E-state index in [0.29, 0.717) is 11.1 Å². The Balaban J connectivity index is 2.71. The van der Waals surface area contributed by atoms with Crippen LogP contribution in [0, 0.1) is 0 Å². The largest absolute Gasteiger partial charge is 0.289 e.